The molecular formula is C11H15ClN4S. The van der Waals surface area contributed by atoms with Crippen molar-refractivity contribution in [3.63, 3.8) is 0 Å². The number of fused-ring (bicyclic) bond motifs is 1. The van der Waals surface area contributed by atoms with Crippen LogP contribution in [0.5, 0.6) is 0 Å². The number of anilines is 1. The summed E-state index contributed by atoms with van der Waals surface area (Å²) in [4.78, 5) is 11.3. The maximum Gasteiger partial charge on any atom is 0.227 e. The number of rotatable bonds is 1. The zero-order chi connectivity index (χ0) is 11.7. The van der Waals surface area contributed by atoms with Gasteiger partial charge in [0.05, 0.1) is 5.69 Å². The van der Waals surface area contributed by atoms with Gasteiger partial charge in [-0.25, -0.2) is 9.97 Å². The van der Waals surface area contributed by atoms with Gasteiger partial charge in [0.2, 0.25) is 5.95 Å². The lowest BCUT2D eigenvalue weighted by Crippen LogP contribution is -2.35. The van der Waals surface area contributed by atoms with Crippen LogP contribution in [0.1, 0.15) is 11.3 Å². The van der Waals surface area contributed by atoms with Gasteiger partial charge in [0.25, 0.3) is 0 Å². The summed E-state index contributed by atoms with van der Waals surface area (Å²) in [6.07, 6.45) is 0.935. The van der Waals surface area contributed by atoms with Crippen LogP contribution < -0.4 is 10.2 Å². The van der Waals surface area contributed by atoms with E-state index in [0.717, 1.165) is 61.3 Å². The average Bonchev–Trinajstić information content (AvgIpc) is 2.40. The molecule has 6 heteroatoms. The normalized spacial score (nSPS) is 20.2. The maximum atomic E-state index is 6.26. The molecule has 1 aromatic rings. The van der Waals surface area contributed by atoms with E-state index in [-0.39, 0.29) is 0 Å². The van der Waals surface area contributed by atoms with E-state index < -0.39 is 0 Å². The molecule has 1 saturated heterocycles. The Balaban J connectivity index is 1.92. The van der Waals surface area contributed by atoms with Crippen LogP contribution in [0.4, 0.5) is 5.95 Å². The molecule has 92 valence electrons. The van der Waals surface area contributed by atoms with Crippen molar-refractivity contribution >= 4 is 29.3 Å². The molecule has 3 rings (SSSR count). The van der Waals surface area contributed by atoms with Crippen molar-refractivity contribution in [2.45, 2.75) is 13.0 Å². The quantitative estimate of drug-likeness (QED) is 0.780. The molecule has 2 aliphatic rings. The van der Waals surface area contributed by atoms with E-state index in [0.29, 0.717) is 5.15 Å². The van der Waals surface area contributed by atoms with E-state index in [1.165, 1.54) is 0 Å². The fourth-order valence-corrected chi connectivity index (χ4v) is 3.39. The van der Waals surface area contributed by atoms with Crippen molar-refractivity contribution < 1.29 is 0 Å². The summed E-state index contributed by atoms with van der Waals surface area (Å²) < 4.78 is 0. The monoisotopic (exact) mass is 270 g/mol. The first-order valence-corrected chi connectivity index (χ1v) is 7.46. The van der Waals surface area contributed by atoms with Crippen LogP contribution in [0.25, 0.3) is 0 Å². The van der Waals surface area contributed by atoms with Gasteiger partial charge >= 0.3 is 0 Å². The summed E-state index contributed by atoms with van der Waals surface area (Å²) in [6, 6.07) is 0. The lowest BCUT2D eigenvalue weighted by atomic mass is 10.1. The van der Waals surface area contributed by atoms with Gasteiger partial charge in [-0.15, -0.1) is 0 Å². The van der Waals surface area contributed by atoms with Crippen LogP contribution in [-0.4, -0.2) is 41.1 Å². The zero-order valence-corrected chi connectivity index (χ0v) is 11.2. The van der Waals surface area contributed by atoms with E-state index in [1.54, 1.807) is 0 Å². The predicted octanol–water partition coefficient (Wildman–Crippen LogP) is 1.33. The van der Waals surface area contributed by atoms with Crippen LogP contribution in [-0.2, 0) is 13.0 Å². The molecule has 0 atom stereocenters. The van der Waals surface area contributed by atoms with Crippen LogP contribution in [0, 0.1) is 0 Å². The largest absolute Gasteiger partial charge is 0.339 e. The van der Waals surface area contributed by atoms with Gasteiger partial charge in [-0.1, -0.05) is 11.6 Å². The summed E-state index contributed by atoms with van der Waals surface area (Å²) in [5.41, 5.74) is 2.20. The van der Waals surface area contributed by atoms with E-state index in [4.69, 9.17) is 11.6 Å². The van der Waals surface area contributed by atoms with Gasteiger partial charge in [-0.3, -0.25) is 0 Å². The third kappa shape index (κ3) is 2.37. The maximum absolute atomic E-state index is 6.26. The smallest absolute Gasteiger partial charge is 0.227 e. The van der Waals surface area contributed by atoms with Crippen molar-refractivity contribution in [2.75, 3.05) is 36.0 Å². The Labute approximate surface area is 110 Å². The van der Waals surface area contributed by atoms with E-state index in [9.17, 15) is 0 Å². The lowest BCUT2D eigenvalue weighted by molar-refractivity contribution is 0.620. The average molecular weight is 271 g/mol. The molecule has 1 N–H and O–H groups in total. The topological polar surface area (TPSA) is 41.1 Å². The van der Waals surface area contributed by atoms with Crippen molar-refractivity contribution in [3.8, 4) is 0 Å². The van der Waals surface area contributed by atoms with Gasteiger partial charge < -0.3 is 10.2 Å². The molecule has 2 aliphatic heterocycles. The Hall–Kier alpha value is -0.520. The Kier molecular flexibility index (Phi) is 3.40. The highest BCUT2D eigenvalue weighted by atomic mass is 35.5. The van der Waals surface area contributed by atoms with Gasteiger partial charge in [0, 0.05) is 36.7 Å². The fourth-order valence-electron chi connectivity index (χ4n) is 2.21. The second-order valence-electron chi connectivity index (χ2n) is 4.27. The molecule has 0 saturated carbocycles. The minimum atomic E-state index is 0.643. The van der Waals surface area contributed by atoms with Crippen molar-refractivity contribution in [1.82, 2.24) is 15.3 Å². The molecule has 0 aromatic carbocycles. The minimum absolute atomic E-state index is 0.643. The van der Waals surface area contributed by atoms with Crippen molar-refractivity contribution in [3.05, 3.63) is 16.4 Å². The number of nitrogens with one attached hydrogen (secondary N) is 1. The third-order valence-electron chi connectivity index (χ3n) is 3.17. The highest BCUT2D eigenvalue weighted by molar-refractivity contribution is 7.99. The Bertz CT molecular complexity index is 420. The van der Waals surface area contributed by atoms with E-state index >= 15 is 0 Å². The summed E-state index contributed by atoms with van der Waals surface area (Å²) in [7, 11) is 0. The first-order valence-electron chi connectivity index (χ1n) is 5.93. The molecule has 0 radical (unpaired) electrons. The molecule has 0 amide bonds. The second kappa shape index (κ2) is 5.00. The Morgan fingerprint density at radius 1 is 1.24 bits per heavy atom. The van der Waals surface area contributed by atoms with E-state index in [1.807, 2.05) is 11.8 Å². The first-order chi connectivity index (χ1) is 8.34. The predicted molar refractivity (Wildman–Crippen MR) is 72.0 cm³/mol. The SMILES string of the molecule is Clc1nc(N2CCSCC2)nc2c1CCNC2. The molecule has 1 aromatic heterocycles. The fraction of sp³-hybridized carbons (Fsp3) is 0.636. The number of halogens is 1. The number of thioether (sulfide) groups is 1. The Morgan fingerprint density at radius 3 is 2.88 bits per heavy atom. The highest BCUT2D eigenvalue weighted by Gasteiger charge is 2.20. The first kappa shape index (κ1) is 11.6. The van der Waals surface area contributed by atoms with Crippen LogP contribution >= 0.6 is 23.4 Å². The summed E-state index contributed by atoms with van der Waals surface area (Å²) in [6.45, 7) is 3.82. The number of hydrogen-bond acceptors (Lipinski definition) is 5. The Morgan fingerprint density at radius 2 is 2.06 bits per heavy atom. The molecule has 17 heavy (non-hydrogen) atoms. The van der Waals surface area contributed by atoms with Gasteiger partial charge in [0.15, 0.2) is 0 Å². The standard InChI is InChI=1S/C11H15ClN4S/c12-10-8-1-2-13-7-9(8)14-11(15-10)16-3-5-17-6-4-16/h13H,1-7H2. The summed E-state index contributed by atoms with van der Waals surface area (Å²) >= 11 is 8.24. The zero-order valence-electron chi connectivity index (χ0n) is 9.58. The van der Waals surface area contributed by atoms with Gasteiger partial charge in [-0.2, -0.15) is 11.8 Å². The molecule has 0 spiro atoms. The molecule has 0 bridgehead atoms. The van der Waals surface area contributed by atoms with E-state index in [2.05, 4.69) is 20.2 Å². The van der Waals surface area contributed by atoms with Gasteiger partial charge in [-0.05, 0) is 13.0 Å². The number of hydrogen-bond donors (Lipinski definition) is 1. The number of aromatic nitrogens is 2. The lowest BCUT2D eigenvalue weighted by Gasteiger charge is -2.28. The van der Waals surface area contributed by atoms with Crippen LogP contribution in [0.15, 0.2) is 0 Å². The highest BCUT2D eigenvalue weighted by Crippen LogP contribution is 2.24. The van der Waals surface area contributed by atoms with Gasteiger partial charge in [0.1, 0.15) is 5.15 Å². The van der Waals surface area contributed by atoms with Crippen LogP contribution in [0.2, 0.25) is 5.15 Å². The van der Waals surface area contributed by atoms with Crippen molar-refractivity contribution in [1.29, 1.82) is 0 Å². The number of nitrogens with zero attached hydrogens (tertiary/aromatic N) is 3. The summed E-state index contributed by atoms with van der Waals surface area (Å²) in [5, 5.41) is 3.97. The molecule has 3 heterocycles. The van der Waals surface area contributed by atoms with Crippen LogP contribution in [0.3, 0.4) is 0 Å². The summed E-state index contributed by atoms with van der Waals surface area (Å²) in [5.74, 6) is 3.10. The van der Waals surface area contributed by atoms with Crippen molar-refractivity contribution in [2.24, 2.45) is 0 Å². The second-order valence-corrected chi connectivity index (χ2v) is 5.85. The minimum Gasteiger partial charge on any atom is -0.339 e. The molecule has 0 aliphatic carbocycles. The molecular weight excluding hydrogens is 256 g/mol. The third-order valence-corrected chi connectivity index (χ3v) is 4.42. The molecule has 4 nitrogen and oxygen atoms in total. The molecule has 1 fully saturated rings. The molecule has 0 unspecified atom stereocenters.